The number of fused-ring (bicyclic) bond motifs is 2. The fourth-order valence-corrected chi connectivity index (χ4v) is 4.77. The van der Waals surface area contributed by atoms with Crippen LogP contribution in [0.2, 0.25) is 0 Å². The summed E-state index contributed by atoms with van der Waals surface area (Å²) in [5.74, 6) is -1.31. The number of amides is 1. The van der Waals surface area contributed by atoms with E-state index in [1.807, 2.05) is 24.3 Å². The number of aromatic nitrogens is 1. The summed E-state index contributed by atoms with van der Waals surface area (Å²) >= 11 is 0. The van der Waals surface area contributed by atoms with Crippen LogP contribution in [0.25, 0.3) is 10.9 Å². The summed E-state index contributed by atoms with van der Waals surface area (Å²) in [6.45, 7) is 1.73. The highest BCUT2D eigenvalue weighted by Gasteiger charge is 2.31. The summed E-state index contributed by atoms with van der Waals surface area (Å²) in [5, 5.41) is 14.9. The van der Waals surface area contributed by atoms with Gasteiger partial charge in [0.25, 0.3) is 11.6 Å². The Kier molecular flexibility index (Phi) is 6.64. The molecule has 8 heteroatoms. The number of aryl methyl sites for hydroxylation is 2. The predicted octanol–water partition coefficient (Wildman–Crippen LogP) is 5.87. The van der Waals surface area contributed by atoms with E-state index in [1.54, 1.807) is 43.3 Å². The molecule has 1 aromatic heterocycles. The molecule has 1 aliphatic rings. The molecule has 1 atom stereocenters. The summed E-state index contributed by atoms with van der Waals surface area (Å²) in [4.78, 5) is 43.0. The van der Waals surface area contributed by atoms with Gasteiger partial charge in [0.15, 0.2) is 0 Å². The van der Waals surface area contributed by atoms with Crippen molar-refractivity contribution in [3.05, 3.63) is 111 Å². The Hall–Kier alpha value is -4.59. The molecular weight excluding hydrogens is 470 g/mol. The van der Waals surface area contributed by atoms with Crippen LogP contribution in [0, 0.1) is 17.0 Å². The number of pyridine rings is 1. The Bertz CT molecular complexity index is 1520. The smallest absolute Gasteiger partial charge is 0.340 e. The minimum Gasteiger partial charge on any atom is -0.444 e. The number of nitrogens with one attached hydrogen (secondary N) is 1. The van der Waals surface area contributed by atoms with Crippen LogP contribution < -0.4 is 5.32 Å². The average Bonchev–Trinajstić information content (AvgIpc) is 2.91. The summed E-state index contributed by atoms with van der Waals surface area (Å²) in [6, 6.07) is 20.6. The van der Waals surface area contributed by atoms with Gasteiger partial charge < -0.3 is 10.1 Å². The molecule has 4 aromatic rings. The number of esters is 1. The number of nitro groups is 1. The van der Waals surface area contributed by atoms with Crippen molar-refractivity contribution >= 4 is 34.2 Å². The van der Waals surface area contributed by atoms with E-state index in [4.69, 9.17) is 9.72 Å². The molecule has 0 unspecified atom stereocenters. The maximum atomic E-state index is 13.8. The third-order valence-electron chi connectivity index (χ3n) is 6.55. The van der Waals surface area contributed by atoms with Gasteiger partial charge in [-0.1, -0.05) is 54.6 Å². The van der Waals surface area contributed by atoms with Gasteiger partial charge in [-0.25, -0.2) is 4.79 Å². The van der Waals surface area contributed by atoms with Crippen LogP contribution in [0.5, 0.6) is 0 Å². The van der Waals surface area contributed by atoms with Crippen LogP contribution in [0.4, 0.5) is 11.4 Å². The van der Waals surface area contributed by atoms with Crippen molar-refractivity contribution < 1.29 is 19.2 Å². The first-order chi connectivity index (χ1) is 17.9. The van der Waals surface area contributed by atoms with Gasteiger partial charge in [0.2, 0.25) is 6.10 Å². The molecule has 186 valence electrons. The molecule has 1 heterocycles. The molecule has 0 fully saturated rings. The molecule has 0 saturated heterocycles. The maximum absolute atomic E-state index is 13.8. The van der Waals surface area contributed by atoms with Crippen molar-refractivity contribution in [2.45, 2.75) is 38.7 Å². The first kappa shape index (κ1) is 24.1. The van der Waals surface area contributed by atoms with Crippen LogP contribution in [0.15, 0.2) is 72.8 Å². The third-order valence-corrected chi connectivity index (χ3v) is 6.55. The molecule has 8 nitrogen and oxygen atoms in total. The first-order valence-electron chi connectivity index (χ1n) is 12.1. The lowest BCUT2D eigenvalue weighted by Gasteiger charge is -2.22. The van der Waals surface area contributed by atoms with E-state index in [0.29, 0.717) is 34.0 Å². The lowest BCUT2D eigenvalue weighted by Crippen LogP contribution is -2.27. The van der Waals surface area contributed by atoms with Gasteiger partial charge in [-0.15, -0.1) is 0 Å². The Labute approximate surface area is 213 Å². The molecule has 1 amide bonds. The van der Waals surface area contributed by atoms with Crippen LogP contribution in [0.1, 0.15) is 51.7 Å². The molecule has 0 aliphatic heterocycles. The molecular formula is C29H25N3O5. The summed E-state index contributed by atoms with van der Waals surface area (Å²) in [6.07, 6.45) is 2.10. The van der Waals surface area contributed by atoms with Crippen molar-refractivity contribution in [2.75, 3.05) is 5.32 Å². The highest BCUT2D eigenvalue weighted by molar-refractivity contribution is 6.06. The number of hydrogen-bond donors (Lipinski definition) is 1. The minimum atomic E-state index is -1.32. The van der Waals surface area contributed by atoms with Crippen molar-refractivity contribution in [2.24, 2.45) is 0 Å². The quantitative estimate of drug-likeness (QED) is 0.204. The number of hydrogen-bond acceptors (Lipinski definition) is 6. The standard InChI is InChI=1S/C29H25N3O5/c1-18-15-16-24(25(17-18)32(35)36)31-28(33)27(19-9-3-2-4-10-19)37-29(34)26-20-11-5-7-13-22(20)30-23-14-8-6-12-21(23)26/h2-5,7,9-11,13,15-17,27H,6,8,12,14H2,1H3,(H,31,33)/t27-/m1/s1. The fraction of sp³-hybridized carbons (Fsp3) is 0.207. The Morgan fingerprint density at radius 3 is 2.51 bits per heavy atom. The van der Waals surface area contributed by atoms with Gasteiger partial charge in [-0.2, -0.15) is 0 Å². The zero-order chi connectivity index (χ0) is 25.9. The second-order valence-electron chi connectivity index (χ2n) is 9.10. The van der Waals surface area contributed by atoms with E-state index in [-0.39, 0.29) is 11.4 Å². The number of benzene rings is 3. The Morgan fingerprint density at radius 2 is 1.73 bits per heavy atom. The lowest BCUT2D eigenvalue weighted by atomic mass is 9.90. The lowest BCUT2D eigenvalue weighted by molar-refractivity contribution is -0.384. The van der Waals surface area contributed by atoms with Crippen molar-refractivity contribution in [3.8, 4) is 0 Å². The van der Waals surface area contributed by atoms with E-state index in [2.05, 4.69) is 5.32 Å². The molecule has 0 radical (unpaired) electrons. The summed E-state index contributed by atoms with van der Waals surface area (Å²) in [7, 11) is 0. The van der Waals surface area contributed by atoms with Crippen molar-refractivity contribution in [1.29, 1.82) is 0 Å². The minimum absolute atomic E-state index is 0.0318. The molecule has 1 N–H and O–H groups in total. The molecule has 0 spiro atoms. The number of carbonyl (C=O) groups is 2. The largest absolute Gasteiger partial charge is 0.444 e. The third kappa shape index (κ3) is 4.91. The first-order valence-corrected chi connectivity index (χ1v) is 12.1. The maximum Gasteiger partial charge on any atom is 0.340 e. The highest BCUT2D eigenvalue weighted by Crippen LogP contribution is 2.32. The van der Waals surface area contributed by atoms with Gasteiger partial charge in [-0.3, -0.25) is 19.9 Å². The van der Waals surface area contributed by atoms with E-state index < -0.39 is 22.9 Å². The molecule has 3 aromatic carbocycles. The van der Waals surface area contributed by atoms with E-state index in [1.165, 1.54) is 12.1 Å². The van der Waals surface area contributed by atoms with Gasteiger partial charge >= 0.3 is 5.97 Å². The normalized spacial score (nSPS) is 13.4. The highest BCUT2D eigenvalue weighted by atomic mass is 16.6. The second kappa shape index (κ2) is 10.2. The molecule has 5 rings (SSSR count). The summed E-state index contributed by atoms with van der Waals surface area (Å²) in [5.41, 5.74) is 3.80. The topological polar surface area (TPSA) is 111 Å². The number of anilines is 1. The van der Waals surface area contributed by atoms with Gasteiger partial charge in [0.1, 0.15) is 5.69 Å². The molecule has 37 heavy (non-hydrogen) atoms. The van der Waals surface area contributed by atoms with Crippen LogP contribution in [0.3, 0.4) is 0 Å². The Morgan fingerprint density at radius 1 is 1.00 bits per heavy atom. The monoisotopic (exact) mass is 495 g/mol. The van der Waals surface area contributed by atoms with Gasteiger partial charge in [0, 0.05) is 22.7 Å². The average molecular weight is 496 g/mol. The Balaban J connectivity index is 1.53. The number of ether oxygens (including phenoxy) is 1. The van der Waals surface area contributed by atoms with Crippen LogP contribution in [-0.4, -0.2) is 21.8 Å². The van der Waals surface area contributed by atoms with E-state index in [9.17, 15) is 19.7 Å². The zero-order valence-electron chi connectivity index (χ0n) is 20.3. The fourth-order valence-electron chi connectivity index (χ4n) is 4.77. The van der Waals surface area contributed by atoms with E-state index in [0.717, 1.165) is 30.5 Å². The van der Waals surface area contributed by atoms with Crippen LogP contribution in [-0.2, 0) is 22.4 Å². The summed E-state index contributed by atoms with van der Waals surface area (Å²) < 4.78 is 5.91. The molecule has 0 bridgehead atoms. The number of nitrogens with zero attached hydrogens (tertiary/aromatic N) is 2. The number of rotatable bonds is 6. The second-order valence-corrected chi connectivity index (χ2v) is 9.10. The van der Waals surface area contributed by atoms with E-state index >= 15 is 0 Å². The number of carbonyl (C=O) groups excluding carboxylic acids is 2. The molecule has 0 saturated carbocycles. The molecule has 1 aliphatic carbocycles. The zero-order valence-corrected chi connectivity index (χ0v) is 20.3. The number of para-hydroxylation sites is 1. The SMILES string of the molecule is Cc1ccc(NC(=O)[C@H](OC(=O)c2c3c(nc4ccccc24)CCCC3)c2ccccc2)c([N+](=O)[O-])c1. The number of nitro benzene ring substituents is 1. The van der Waals surface area contributed by atoms with Crippen molar-refractivity contribution in [3.63, 3.8) is 0 Å². The van der Waals surface area contributed by atoms with Gasteiger partial charge in [-0.05, 0) is 55.9 Å². The predicted molar refractivity (Wildman–Crippen MR) is 139 cm³/mol. The van der Waals surface area contributed by atoms with Crippen LogP contribution >= 0.6 is 0 Å². The van der Waals surface area contributed by atoms with Gasteiger partial charge in [0.05, 0.1) is 16.0 Å². The van der Waals surface area contributed by atoms with Crippen molar-refractivity contribution in [1.82, 2.24) is 4.98 Å².